The van der Waals surface area contributed by atoms with E-state index in [4.69, 9.17) is 13.9 Å². The summed E-state index contributed by atoms with van der Waals surface area (Å²) in [7, 11) is 1.49. The van der Waals surface area contributed by atoms with Crippen LogP contribution in [0.4, 0.5) is 4.39 Å². The molecule has 156 valence electrons. The lowest BCUT2D eigenvalue weighted by Gasteiger charge is -2.25. The Morgan fingerprint density at radius 1 is 1.23 bits per heavy atom. The molecule has 1 fully saturated rings. The number of benzene rings is 2. The Hall–Kier alpha value is -3.19. The molecule has 1 aliphatic rings. The van der Waals surface area contributed by atoms with Gasteiger partial charge in [-0.05, 0) is 42.7 Å². The van der Waals surface area contributed by atoms with Crippen molar-refractivity contribution in [3.05, 3.63) is 75.9 Å². The standard InChI is InChI=1S/C23H22FNO5/c1-28-20-6-2-4-16-12-19(23(27)30-21(16)20)22(26)25(14-18-5-3-11-29-18)13-15-7-9-17(24)10-8-15/h2,4,6-10,12,18H,3,5,11,13-14H2,1H3. The largest absolute Gasteiger partial charge is 0.493 e. The quantitative estimate of drug-likeness (QED) is 0.578. The van der Waals surface area contributed by atoms with Crippen LogP contribution in [0.25, 0.3) is 11.0 Å². The molecular weight excluding hydrogens is 389 g/mol. The van der Waals surface area contributed by atoms with Crippen LogP contribution in [-0.2, 0) is 11.3 Å². The molecule has 6 nitrogen and oxygen atoms in total. The van der Waals surface area contributed by atoms with Gasteiger partial charge in [-0.1, -0.05) is 24.3 Å². The fraction of sp³-hybridized carbons (Fsp3) is 0.304. The van der Waals surface area contributed by atoms with Gasteiger partial charge in [0.05, 0.1) is 13.2 Å². The van der Waals surface area contributed by atoms with Gasteiger partial charge in [-0.25, -0.2) is 9.18 Å². The van der Waals surface area contributed by atoms with Crippen molar-refractivity contribution in [3.8, 4) is 5.75 Å². The first-order valence-electron chi connectivity index (χ1n) is 9.81. The maximum absolute atomic E-state index is 13.3. The Labute approximate surface area is 172 Å². The number of carbonyl (C=O) groups is 1. The molecule has 0 spiro atoms. The first-order valence-corrected chi connectivity index (χ1v) is 9.81. The zero-order chi connectivity index (χ0) is 21.1. The van der Waals surface area contributed by atoms with Crippen molar-refractivity contribution in [3.63, 3.8) is 0 Å². The highest BCUT2D eigenvalue weighted by atomic mass is 19.1. The summed E-state index contributed by atoms with van der Waals surface area (Å²) in [6.45, 7) is 1.22. The van der Waals surface area contributed by atoms with Gasteiger partial charge in [-0.15, -0.1) is 0 Å². The van der Waals surface area contributed by atoms with E-state index in [2.05, 4.69) is 0 Å². The number of fused-ring (bicyclic) bond motifs is 1. The number of carbonyl (C=O) groups excluding carboxylic acids is 1. The lowest BCUT2D eigenvalue weighted by Crippen LogP contribution is -2.38. The van der Waals surface area contributed by atoms with Crippen LogP contribution in [0.2, 0.25) is 0 Å². The molecule has 0 bridgehead atoms. The molecule has 2 aromatic carbocycles. The number of hydrogen-bond donors (Lipinski definition) is 0. The summed E-state index contributed by atoms with van der Waals surface area (Å²) in [6, 6.07) is 12.7. The summed E-state index contributed by atoms with van der Waals surface area (Å²) in [5, 5.41) is 0.594. The molecule has 3 aromatic rings. The molecular formula is C23H22FNO5. The van der Waals surface area contributed by atoms with Crippen LogP contribution in [-0.4, -0.2) is 37.2 Å². The second kappa shape index (κ2) is 8.67. The van der Waals surface area contributed by atoms with Crippen molar-refractivity contribution in [1.29, 1.82) is 0 Å². The fourth-order valence-corrected chi connectivity index (χ4v) is 3.66. The number of halogens is 1. The molecule has 0 radical (unpaired) electrons. The van der Waals surface area contributed by atoms with Gasteiger partial charge in [-0.2, -0.15) is 0 Å². The van der Waals surface area contributed by atoms with Crippen molar-refractivity contribution in [2.75, 3.05) is 20.3 Å². The van der Waals surface area contributed by atoms with Gasteiger partial charge in [0.15, 0.2) is 11.3 Å². The van der Waals surface area contributed by atoms with Crippen LogP contribution in [0.15, 0.2) is 57.7 Å². The average molecular weight is 411 g/mol. The van der Waals surface area contributed by atoms with E-state index >= 15 is 0 Å². The topological polar surface area (TPSA) is 69.0 Å². The lowest BCUT2D eigenvalue weighted by atomic mass is 10.1. The summed E-state index contributed by atoms with van der Waals surface area (Å²) in [4.78, 5) is 27.5. The molecule has 7 heteroatoms. The highest BCUT2D eigenvalue weighted by Gasteiger charge is 2.26. The van der Waals surface area contributed by atoms with E-state index in [-0.39, 0.29) is 24.0 Å². The van der Waals surface area contributed by atoms with E-state index < -0.39 is 11.5 Å². The molecule has 1 unspecified atom stereocenters. The molecule has 1 atom stereocenters. The third kappa shape index (κ3) is 4.21. The highest BCUT2D eigenvalue weighted by Crippen LogP contribution is 2.25. The van der Waals surface area contributed by atoms with Gasteiger partial charge < -0.3 is 18.8 Å². The summed E-state index contributed by atoms with van der Waals surface area (Å²) >= 11 is 0. The summed E-state index contributed by atoms with van der Waals surface area (Å²) in [5.41, 5.74) is 0.268. The number of methoxy groups -OCH3 is 1. The molecule has 0 saturated carbocycles. The summed E-state index contributed by atoms with van der Waals surface area (Å²) in [6.07, 6.45) is 1.68. The monoisotopic (exact) mass is 411 g/mol. The van der Waals surface area contributed by atoms with E-state index in [1.807, 2.05) is 0 Å². The van der Waals surface area contributed by atoms with Gasteiger partial charge in [0.25, 0.3) is 5.91 Å². The van der Waals surface area contributed by atoms with Crippen LogP contribution in [0.1, 0.15) is 28.8 Å². The lowest BCUT2D eigenvalue weighted by molar-refractivity contribution is 0.0504. The van der Waals surface area contributed by atoms with Gasteiger partial charge in [0, 0.05) is 25.1 Å². The smallest absolute Gasteiger partial charge is 0.349 e. The molecule has 4 rings (SSSR count). The SMILES string of the molecule is COc1cccc2cc(C(=O)N(Cc3ccc(F)cc3)CC3CCCO3)c(=O)oc12. The number of rotatable bonds is 6. The van der Waals surface area contributed by atoms with Crippen molar-refractivity contribution in [1.82, 2.24) is 4.90 Å². The van der Waals surface area contributed by atoms with Gasteiger partial charge in [-0.3, -0.25) is 4.79 Å². The normalized spacial score (nSPS) is 16.0. The Morgan fingerprint density at radius 3 is 2.73 bits per heavy atom. The third-order valence-corrected chi connectivity index (χ3v) is 5.20. The molecule has 1 amide bonds. The highest BCUT2D eigenvalue weighted by molar-refractivity contribution is 5.97. The van der Waals surface area contributed by atoms with Crippen LogP contribution < -0.4 is 10.4 Å². The average Bonchev–Trinajstić information content (AvgIpc) is 3.26. The van der Waals surface area contributed by atoms with E-state index in [0.29, 0.717) is 29.9 Å². The first-order chi connectivity index (χ1) is 14.5. The first kappa shape index (κ1) is 20.1. The maximum atomic E-state index is 13.3. The van der Waals surface area contributed by atoms with Gasteiger partial charge >= 0.3 is 5.63 Å². The van der Waals surface area contributed by atoms with Gasteiger partial charge in [0.1, 0.15) is 11.4 Å². The van der Waals surface area contributed by atoms with E-state index in [9.17, 15) is 14.0 Å². The van der Waals surface area contributed by atoms with E-state index in [0.717, 1.165) is 18.4 Å². The molecule has 1 saturated heterocycles. The Balaban J connectivity index is 1.68. The maximum Gasteiger partial charge on any atom is 0.349 e. The van der Waals surface area contributed by atoms with Crippen molar-refractivity contribution < 1.29 is 23.1 Å². The minimum Gasteiger partial charge on any atom is -0.493 e. The number of amides is 1. The summed E-state index contributed by atoms with van der Waals surface area (Å²) in [5.74, 6) is -0.376. The number of ether oxygens (including phenoxy) is 2. The minimum absolute atomic E-state index is 0.0594. The van der Waals surface area contributed by atoms with Crippen LogP contribution in [0.5, 0.6) is 5.75 Å². The zero-order valence-corrected chi connectivity index (χ0v) is 16.6. The van der Waals surface area contributed by atoms with Crippen molar-refractivity contribution >= 4 is 16.9 Å². The Morgan fingerprint density at radius 2 is 2.03 bits per heavy atom. The van der Waals surface area contributed by atoms with Crippen LogP contribution >= 0.6 is 0 Å². The van der Waals surface area contributed by atoms with E-state index in [1.165, 1.54) is 25.3 Å². The number of nitrogens with zero attached hydrogens (tertiary/aromatic N) is 1. The third-order valence-electron chi connectivity index (χ3n) is 5.20. The number of para-hydroxylation sites is 1. The second-order valence-corrected chi connectivity index (χ2v) is 7.27. The molecule has 2 heterocycles. The van der Waals surface area contributed by atoms with Gasteiger partial charge in [0.2, 0.25) is 0 Å². The fourth-order valence-electron chi connectivity index (χ4n) is 3.66. The number of hydrogen-bond acceptors (Lipinski definition) is 5. The van der Waals surface area contributed by atoms with Crippen LogP contribution in [0, 0.1) is 5.82 Å². The predicted molar refractivity (Wildman–Crippen MR) is 109 cm³/mol. The predicted octanol–water partition coefficient (Wildman–Crippen LogP) is 3.76. The summed E-state index contributed by atoms with van der Waals surface area (Å²) < 4.78 is 29.6. The molecule has 30 heavy (non-hydrogen) atoms. The van der Waals surface area contributed by atoms with E-state index in [1.54, 1.807) is 35.2 Å². The molecule has 1 aliphatic heterocycles. The Kier molecular flexibility index (Phi) is 5.81. The van der Waals surface area contributed by atoms with Crippen molar-refractivity contribution in [2.45, 2.75) is 25.5 Å². The molecule has 0 aliphatic carbocycles. The zero-order valence-electron chi connectivity index (χ0n) is 16.6. The molecule has 0 N–H and O–H groups in total. The van der Waals surface area contributed by atoms with Crippen molar-refractivity contribution in [2.24, 2.45) is 0 Å². The van der Waals surface area contributed by atoms with Crippen LogP contribution in [0.3, 0.4) is 0 Å². The Bertz CT molecular complexity index is 1100. The second-order valence-electron chi connectivity index (χ2n) is 7.27. The minimum atomic E-state index is -0.728. The molecule has 1 aromatic heterocycles.